The molecule has 0 bridgehead atoms. The van der Waals surface area contributed by atoms with Crippen LogP contribution in [0.4, 0.5) is 0 Å². The molecule has 0 saturated heterocycles. The first kappa shape index (κ1) is 25.4. The Morgan fingerprint density at radius 3 is 2.61 bits per heavy atom. The van der Waals surface area contributed by atoms with Crippen LogP contribution in [0.5, 0.6) is 23.0 Å². The molecular formula is C26H23BrN2O6S. The van der Waals surface area contributed by atoms with Gasteiger partial charge in [-0.1, -0.05) is 41.1 Å². The summed E-state index contributed by atoms with van der Waals surface area (Å²) in [6.07, 6.45) is 0.845. The van der Waals surface area contributed by atoms with E-state index >= 15 is 0 Å². The minimum atomic E-state index is -4.09. The zero-order valence-corrected chi connectivity index (χ0v) is 21.9. The van der Waals surface area contributed by atoms with E-state index < -0.39 is 16.0 Å². The zero-order valence-electron chi connectivity index (χ0n) is 19.5. The van der Waals surface area contributed by atoms with Crippen molar-refractivity contribution in [3.63, 3.8) is 0 Å². The third-order valence-corrected chi connectivity index (χ3v) is 7.20. The number of rotatable bonds is 8. The van der Waals surface area contributed by atoms with Gasteiger partial charge in [-0.3, -0.25) is 0 Å². The Labute approximate surface area is 218 Å². The van der Waals surface area contributed by atoms with Crippen LogP contribution in [0.2, 0.25) is 0 Å². The van der Waals surface area contributed by atoms with Crippen molar-refractivity contribution in [2.24, 2.45) is 5.73 Å². The van der Waals surface area contributed by atoms with Crippen LogP contribution in [0.1, 0.15) is 30.4 Å². The van der Waals surface area contributed by atoms with Gasteiger partial charge in [-0.15, -0.1) is 0 Å². The molecule has 1 unspecified atom stereocenters. The molecule has 0 radical (unpaired) electrons. The number of methoxy groups -OCH3 is 1. The van der Waals surface area contributed by atoms with Crippen molar-refractivity contribution in [3.05, 3.63) is 87.7 Å². The van der Waals surface area contributed by atoms with Gasteiger partial charge in [0.1, 0.15) is 28.0 Å². The zero-order chi connectivity index (χ0) is 25.9. The Hall–Kier alpha value is -3.68. The van der Waals surface area contributed by atoms with Gasteiger partial charge in [0.25, 0.3) is 0 Å². The monoisotopic (exact) mass is 570 g/mol. The fourth-order valence-corrected chi connectivity index (χ4v) is 5.34. The number of allylic oxidation sites excluding steroid dienone is 1. The molecule has 0 aliphatic carbocycles. The minimum Gasteiger partial charge on any atom is -0.493 e. The minimum absolute atomic E-state index is 0.00274. The lowest BCUT2D eigenvalue weighted by molar-refractivity contribution is 0.294. The summed E-state index contributed by atoms with van der Waals surface area (Å²) in [6.45, 7) is 2.55. The summed E-state index contributed by atoms with van der Waals surface area (Å²) in [5, 5.41) is 9.84. The molecule has 0 amide bonds. The molecule has 1 aliphatic rings. The van der Waals surface area contributed by atoms with Crippen LogP contribution >= 0.6 is 15.9 Å². The average molecular weight is 571 g/mol. The van der Waals surface area contributed by atoms with Crippen molar-refractivity contribution >= 4 is 26.0 Å². The highest BCUT2D eigenvalue weighted by Gasteiger charge is 2.32. The van der Waals surface area contributed by atoms with E-state index in [-0.39, 0.29) is 27.9 Å². The van der Waals surface area contributed by atoms with Crippen molar-refractivity contribution < 1.29 is 26.8 Å². The largest absolute Gasteiger partial charge is 0.493 e. The standard InChI is InChI=1S/C26H23BrN2O6S/c1-3-11-33-22-10-7-16(12-24(22)32-2)25-20-9-8-18(14-23(20)34-26(29)21(25)15-28)35-36(30,31)19-6-4-5-17(27)13-19/h4-10,12-14,25H,3,11,29H2,1-2H3. The first-order chi connectivity index (χ1) is 17.3. The quantitative estimate of drug-likeness (QED) is 0.365. The van der Waals surface area contributed by atoms with Crippen LogP contribution in [0.15, 0.2) is 81.5 Å². The van der Waals surface area contributed by atoms with Gasteiger partial charge in [0, 0.05) is 16.1 Å². The first-order valence-corrected chi connectivity index (χ1v) is 13.2. The highest BCUT2D eigenvalue weighted by atomic mass is 79.9. The number of hydrogen-bond acceptors (Lipinski definition) is 8. The van der Waals surface area contributed by atoms with Crippen LogP contribution in [0.3, 0.4) is 0 Å². The van der Waals surface area contributed by atoms with Crippen molar-refractivity contribution in [1.82, 2.24) is 0 Å². The number of ether oxygens (including phenoxy) is 3. The second kappa shape index (κ2) is 10.5. The molecule has 10 heteroatoms. The van der Waals surface area contributed by atoms with Gasteiger partial charge in [0.05, 0.1) is 19.6 Å². The van der Waals surface area contributed by atoms with E-state index in [1.807, 2.05) is 13.0 Å². The summed E-state index contributed by atoms with van der Waals surface area (Å²) in [5.41, 5.74) is 7.68. The molecule has 3 aromatic rings. The summed E-state index contributed by atoms with van der Waals surface area (Å²) < 4.78 is 48.4. The van der Waals surface area contributed by atoms with Gasteiger partial charge in [-0.05, 0) is 48.4 Å². The summed E-state index contributed by atoms with van der Waals surface area (Å²) in [6, 6.07) is 18.3. The molecule has 0 fully saturated rings. The second-order valence-corrected chi connectivity index (χ2v) is 10.3. The third kappa shape index (κ3) is 5.12. The predicted octanol–water partition coefficient (Wildman–Crippen LogP) is 5.23. The molecule has 8 nitrogen and oxygen atoms in total. The highest BCUT2D eigenvalue weighted by molar-refractivity contribution is 9.10. The molecule has 4 rings (SSSR count). The van der Waals surface area contributed by atoms with Crippen LogP contribution < -0.4 is 24.1 Å². The maximum Gasteiger partial charge on any atom is 0.339 e. The Bertz CT molecular complexity index is 1480. The van der Waals surface area contributed by atoms with E-state index in [1.165, 1.54) is 24.3 Å². The number of halogens is 1. The van der Waals surface area contributed by atoms with Crippen LogP contribution in [0.25, 0.3) is 0 Å². The van der Waals surface area contributed by atoms with Crippen LogP contribution in [-0.2, 0) is 10.1 Å². The number of nitrogens with zero attached hydrogens (tertiary/aromatic N) is 1. The van der Waals surface area contributed by atoms with E-state index in [0.29, 0.717) is 28.1 Å². The van der Waals surface area contributed by atoms with Crippen LogP contribution in [-0.4, -0.2) is 22.1 Å². The molecule has 1 aliphatic heterocycles. The molecule has 1 atom stereocenters. The smallest absolute Gasteiger partial charge is 0.339 e. The van der Waals surface area contributed by atoms with Crippen LogP contribution in [0, 0.1) is 11.3 Å². The summed E-state index contributed by atoms with van der Waals surface area (Å²) in [4.78, 5) is -0.00274. The van der Waals surface area contributed by atoms with E-state index in [1.54, 1.807) is 37.4 Å². The number of benzene rings is 3. The number of hydrogen-bond donors (Lipinski definition) is 1. The van der Waals surface area contributed by atoms with Crippen molar-refractivity contribution in [3.8, 4) is 29.1 Å². The Morgan fingerprint density at radius 1 is 1.11 bits per heavy atom. The number of nitriles is 1. The summed E-state index contributed by atoms with van der Waals surface area (Å²) in [5.74, 6) is 0.790. The van der Waals surface area contributed by atoms with Gasteiger partial charge >= 0.3 is 10.1 Å². The molecule has 2 N–H and O–H groups in total. The third-order valence-electron chi connectivity index (χ3n) is 5.46. The topological polar surface area (TPSA) is 121 Å². The van der Waals surface area contributed by atoms with Crippen molar-refractivity contribution in [1.29, 1.82) is 5.26 Å². The SMILES string of the molecule is CCCOc1ccc(C2C(C#N)=C(N)Oc3cc(OS(=O)(=O)c4cccc(Br)c4)ccc32)cc1OC. The molecule has 1 heterocycles. The summed E-state index contributed by atoms with van der Waals surface area (Å²) >= 11 is 3.26. The maximum absolute atomic E-state index is 12.8. The summed E-state index contributed by atoms with van der Waals surface area (Å²) in [7, 11) is -2.55. The molecule has 186 valence electrons. The molecule has 3 aromatic carbocycles. The van der Waals surface area contributed by atoms with Gasteiger partial charge in [0.2, 0.25) is 5.88 Å². The van der Waals surface area contributed by atoms with Gasteiger partial charge in [-0.2, -0.15) is 13.7 Å². The maximum atomic E-state index is 12.8. The van der Waals surface area contributed by atoms with E-state index in [0.717, 1.165) is 12.0 Å². The molecule has 0 spiro atoms. The Kier molecular flexibility index (Phi) is 7.43. The van der Waals surface area contributed by atoms with E-state index in [4.69, 9.17) is 24.1 Å². The molecule has 36 heavy (non-hydrogen) atoms. The number of fused-ring (bicyclic) bond motifs is 1. The molecule has 0 saturated carbocycles. The fraction of sp³-hybridized carbons (Fsp3) is 0.192. The number of nitrogens with two attached hydrogens (primary N) is 1. The lowest BCUT2D eigenvalue weighted by atomic mass is 9.83. The average Bonchev–Trinajstić information content (AvgIpc) is 2.86. The Balaban J connectivity index is 1.72. The second-order valence-electron chi connectivity index (χ2n) is 7.88. The van der Waals surface area contributed by atoms with E-state index in [9.17, 15) is 13.7 Å². The van der Waals surface area contributed by atoms with Crippen molar-refractivity contribution in [2.45, 2.75) is 24.2 Å². The van der Waals surface area contributed by atoms with Gasteiger partial charge in [-0.25, -0.2) is 0 Å². The van der Waals surface area contributed by atoms with Gasteiger partial charge < -0.3 is 24.1 Å². The highest BCUT2D eigenvalue weighted by Crippen LogP contribution is 2.45. The fourth-order valence-electron chi connectivity index (χ4n) is 3.82. The van der Waals surface area contributed by atoms with Gasteiger partial charge in [0.15, 0.2) is 11.5 Å². The molecule has 0 aromatic heterocycles. The Morgan fingerprint density at radius 2 is 1.92 bits per heavy atom. The lowest BCUT2D eigenvalue weighted by Gasteiger charge is -2.27. The van der Waals surface area contributed by atoms with E-state index in [2.05, 4.69) is 22.0 Å². The lowest BCUT2D eigenvalue weighted by Crippen LogP contribution is -2.21. The van der Waals surface area contributed by atoms with Crippen molar-refractivity contribution in [2.75, 3.05) is 13.7 Å². The molecular weight excluding hydrogens is 548 g/mol. The first-order valence-electron chi connectivity index (χ1n) is 11.0. The predicted molar refractivity (Wildman–Crippen MR) is 136 cm³/mol. The normalized spacial score (nSPS) is 14.9.